The molecule has 0 aliphatic carbocycles. The van der Waals surface area contributed by atoms with E-state index in [1.807, 2.05) is 6.07 Å². The van der Waals surface area contributed by atoms with E-state index >= 15 is 0 Å². The van der Waals surface area contributed by atoms with Crippen LogP contribution in [0.4, 0.5) is 0 Å². The van der Waals surface area contributed by atoms with Crippen LogP contribution in [-0.4, -0.2) is 9.89 Å². The van der Waals surface area contributed by atoms with Crippen LogP contribution in [0.2, 0.25) is 0 Å². The fraction of sp³-hybridized carbons (Fsp3) is 0. The molecule has 0 atom stereocenters. The van der Waals surface area contributed by atoms with E-state index in [2.05, 4.69) is 17.6 Å². The highest BCUT2D eigenvalue weighted by molar-refractivity contribution is 4.80. The first-order valence-electron chi connectivity index (χ1n) is 1.96. The molecule has 1 aromatic heterocycles. The molecule has 1 rings (SSSR count). The van der Waals surface area contributed by atoms with Crippen LogP contribution in [0.5, 0.6) is 0 Å². The van der Waals surface area contributed by atoms with Crippen molar-refractivity contribution >= 4 is 0 Å². The van der Waals surface area contributed by atoms with Crippen LogP contribution in [-0.2, 0) is 0 Å². The Kier molecular flexibility index (Phi) is 0.978. The molecule has 1 N–H and O–H groups in total. The molecule has 0 saturated carbocycles. The Hall–Kier alpha value is -0.990. The van der Waals surface area contributed by atoms with Gasteiger partial charge >= 0.3 is 0 Å². The van der Waals surface area contributed by atoms with E-state index in [0.29, 0.717) is 0 Å². The van der Waals surface area contributed by atoms with Gasteiger partial charge in [-0.05, 0) is 6.07 Å². The molecule has 3 heteroatoms. The van der Waals surface area contributed by atoms with Crippen molar-refractivity contribution in [3.8, 4) is 0 Å². The molecule has 0 aliphatic heterocycles. The summed E-state index contributed by atoms with van der Waals surface area (Å²) in [6.45, 7) is 0. The Bertz CT molecular complexity index is 121. The maximum atomic E-state index is 3.78. The molecule has 0 saturated heterocycles. The maximum Gasteiger partial charge on any atom is 0.0519 e. The van der Waals surface area contributed by atoms with Crippen molar-refractivity contribution in [1.82, 2.24) is 9.89 Å². The molecule has 0 fully saturated rings. The van der Waals surface area contributed by atoms with Crippen LogP contribution in [0, 0.1) is 7.05 Å². The number of nitrogens with one attached hydrogen (secondary N) is 1. The van der Waals surface area contributed by atoms with Crippen LogP contribution in [0.25, 0.3) is 0 Å². The minimum atomic E-state index is 1.51. The molecule has 0 aliphatic rings. The first-order valence-corrected chi connectivity index (χ1v) is 1.96. The van der Waals surface area contributed by atoms with Gasteiger partial charge in [0.05, 0.1) is 13.2 Å². The van der Waals surface area contributed by atoms with E-state index in [9.17, 15) is 0 Å². The smallest absolute Gasteiger partial charge is 0.0519 e. The molecular weight excluding hydrogens is 90.1 g/mol. The summed E-state index contributed by atoms with van der Waals surface area (Å²) in [4.78, 5) is 1.51. The molecule has 3 nitrogen and oxygen atoms in total. The van der Waals surface area contributed by atoms with Gasteiger partial charge in [0, 0.05) is 6.20 Å². The van der Waals surface area contributed by atoms with Crippen LogP contribution >= 0.6 is 0 Å². The lowest BCUT2D eigenvalue weighted by Gasteiger charge is -1.92. The number of hydrogen-bond donors (Lipinski definition) is 1. The Balaban J connectivity index is 2.76. The lowest BCUT2D eigenvalue weighted by molar-refractivity contribution is 0.798. The number of rotatable bonds is 1. The van der Waals surface area contributed by atoms with Gasteiger partial charge in [-0.25, -0.2) is 0 Å². The average molecular weight is 96.1 g/mol. The molecule has 0 spiro atoms. The Morgan fingerprint density at radius 2 is 2.57 bits per heavy atom. The summed E-state index contributed by atoms with van der Waals surface area (Å²) in [5.41, 5.74) is 2.56. The van der Waals surface area contributed by atoms with Gasteiger partial charge in [-0.3, -0.25) is 0 Å². The normalized spacial score (nSPS) is 8.71. The molecule has 0 bridgehead atoms. The van der Waals surface area contributed by atoms with Gasteiger partial charge in [-0.15, -0.1) is 0 Å². The van der Waals surface area contributed by atoms with Crippen molar-refractivity contribution in [2.45, 2.75) is 0 Å². The second kappa shape index (κ2) is 1.64. The standard InChI is InChI=1S/C4H6N3/c1-5-7-4-2-3-6-7/h2-5H,1H2. The van der Waals surface area contributed by atoms with Gasteiger partial charge in [-0.1, -0.05) is 0 Å². The first-order chi connectivity index (χ1) is 3.43. The quantitative estimate of drug-likeness (QED) is 0.542. The summed E-state index contributed by atoms with van der Waals surface area (Å²) in [6, 6.07) is 1.82. The summed E-state index contributed by atoms with van der Waals surface area (Å²) < 4.78 is 0. The molecule has 1 heterocycles. The molecule has 37 valence electrons. The number of nitrogens with zero attached hydrogens (tertiary/aromatic N) is 2. The second-order valence-electron chi connectivity index (χ2n) is 1.11. The van der Waals surface area contributed by atoms with Gasteiger partial charge in [0.25, 0.3) is 0 Å². The molecule has 7 heavy (non-hydrogen) atoms. The van der Waals surface area contributed by atoms with Gasteiger partial charge in [-0.2, -0.15) is 9.89 Å². The molecule has 0 amide bonds. The minimum absolute atomic E-state index is 1.51. The zero-order chi connectivity index (χ0) is 5.11. The number of aromatic nitrogens is 2. The van der Waals surface area contributed by atoms with Gasteiger partial charge in [0.1, 0.15) is 0 Å². The molecule has 0 unspecified atom stereocenters. The van der Waals surface area contributed by atoms with Crippen LogP contribution in [0.3, 0.4) is 0 Å². The summed E-state index contributed by atoms with van der Waals surface area (Å²) >= 11 is 0. The third-order valence-corrected chi connectivity index (χ3v) is 0.666. The highest BCUT2D eigenvalue weighted by atomic mass is 15.5. The van der Waals surface area contributed by atoms with Crippen molar-refractivity contribution in [1.29, 1.82) is 0 Å². The van der Waals surface area contributed by atoms with E-state index in [1.165, 1.54) is 4.79 Å². The van der Waals surface area contributed by atoms with Gasteiger partial charge in [0.15, 0.2) is 0 Å². The summed E-state index contributed by atoms with van der Waals surface area (Å²) in [5, 5.41) is 3.78. The molecular formula is C4H6N3. The average Bonchev–Trinajstić information content (AvgIpc) is 2.14. The van der Waals surface area contributed by atoms with Crippen molar-refractivity contribution in [3.05, 3.63) is 25.5 Å². The lowest BCUT2D eigenvalue weighted by atomic mass is 10.8. The Labute approximate surface area is 41.9 Å². The topological polar surface area (TPSA) is 29.9 Å². The van der Waals surface area contributed by atoms with Crippen LogP contribution in [0.15, 0.2) is 18.5 Å². The summed E-state index contributed by atoms with van der Waals surface area (Å²) in [7, 11) is 3.38. The zero-order valence-corrected chi connectivity index (χ0v) is 3.83. The van der Waals surface area contributed by atoms with E-state index in [-0.39, 0.29) is 0 Å². The van der Waals surface area contributed by atoms with E-state index < -0.39 is 0 Å². The monoisotopic (exact) mass is 96.1 g/mol. The summed E-state index contributed by atoms with van der Waals surface area (Å²) in [5.74, 6) is 0. The second-order valence-corrected chi connectivity index (χ2v) is 1.11. The molecule has 1 aromatic rings. The van der Waals surface area contributed by atoms with Crippen molar-refractivity contribution in [3.63, 3.8) is 0 Å². The van der Waals surface area contributed by atoms with Crippen LogP contribution < -0.4 is 5.43 Å². The van der Waals surface area contributed by atoms with Crippen molar-refractivity contribution < 1.29 is 0 Å². The Morgan fingerprint density at radius 3 is 2.86 bits per heavy atom. The SMILES string of the molecule is [CH2]Nn1cccn1. The largest absolute Gasteiger partial charge is 0.308 e. The zero-order valence-electron chi connectivity index (χ0n) is 3.83. The number of hydrogen-bond acceptors (Lipinski definition) is 2. The van der Waals surface area contributed by atoms with E-state index in [1.54, 1.807) is 12.4 Å². The highest BCUT2D eigenvalue weighted by Gasteiger charge is 1.75. The fourth-order valence-corrected chi connectivity index (χ4v) is 0.362. The summed E-state index contributed by atoms with van der Waals surface area (Å²) in [6.07, 6.45) is 3.45. The van der Waals surface area contributed by atoms with Crippen LogP contribution in [0.1, 0.15) is 0 Å². The van der Waals surface area contributed by atoms with Gasteiger partial charge < -0.3 is 5.43 Å². The third-order valence-electron chi connectivity index (χ3n) is 0.666. The lowest BCUT2D eigenvalue weighted by Crippen LogP contribution is -2.05. The van der Waals surface area contributed by atoms with E-state index in [0.717, 1.165) is 0 Å². The minimum Gasteiger partial charge on any atom is -0.308 e. The molecule has 0 aromatic carbocycles. The predicted molar refractivity (Wildman–Crippen MR) is 26.9 cm³/mol. The predicted octanol–water partition coefficient (Wildman–Crippen LogP) is 0.218. The third kappa shape index (κ3) is 0.707. The Morgan fingerprint density at radius 1 is 1.71 bits per heavy atom. The first kappa shape index (κ1) is 4.18. The van der Waals surface area contributed by atoms with Gasteiger partial charge in [0.2, 0.25) is 0 Å². The van der Waals surface area contributed by atoms with E-state index in [4.69, 9.17) is 0 Å². The highest BCUT2D eigenvalue weighted by Crippen LogP contribution is 1.74. The van der Waals surface area contributed by atoms with Crippen molar-refractivity contribution in [2.24, 2.45) is 0 Å². The fourth-order valence-electron chi connectivity index (χ4n) is 0.362. The molecule has 1 radical (unpaired) electrons. The van der Waals surface area contributed by atoms with Crippen molar-refractivity contribution in [2.75, 3.05) is 5.43 Å². The maximum absolute atomic E-state index is 3.78.